The Bertz CT molecular complexity index is 1350. The highest BCUT2D eigenvalue weighted by molar-refractivity contribution is 6.07. The molecule has 3 N–H and O–H groups in total. The van der Waals surface area contributed by atoms with Crippen LogP contribution in [0.5, 0.6) is 0 Å². The number of fused-ring (bicyclic) bond motifs is 4. The van der Waals surface area contributed by atoms with Crippen LogP contribution in [0.15, 0.2) is 62.1 Å². The molecular weight excluding hydrogens is 376 g/mol. The van der Waals surface area contributed by atoms with E-state index in [0.29, 0.717) is 18.8 Å². The zero-order chi connectivity index (χ0) is 20.8. The van der Waals surface area contributed by atoms with Gasteiger partial charge in [0, 0.05) is 29.3 Å². The number of nitrogens with zero attached hydrogens (tertiary/aromatic N) is 4. The number of hydrogen-bond acceptors (Lipinski definition) is 5. The van der Waals surface area contributed by atoms with Crippen LogP contribution in [-0.4, -0.2) is 31.5 Å². The van der Waals surface area contributed by atoms with Crippen LogP contribution >= 0.6 is 0 Å². The number of carbonyl (C=O) groups is 1. The number of para-hydroxylation sites is 1. The number of anilines is 1. The largest absolute Gasteiger partial charge is 0.383 e. The molecule has 7 heteroatoms. The normalized spacial score (nSPS) is 15.9. The third-order valence-electron chi connectivity index (χ3n) is 5.62. The Morgan fingerprint density at radius 2 is 2.10 bits per heavy atom. The molecule has 1 unspecified atom stereocenters. The highest BCUT2D eigenvalue weighted by atomic mass is 16.1. The lowest BCUT2D eigenvalue weighted by Crippen LogP contribution is -2.38. The minimum absolute atomic E-state index is 0.200. The van der Waals surface area contributed by atoms with E-state index in [2.05, 4.69) is 44.1 Å². The fraction of sp³-hybridized carbons (Fsp3) is 0.130. The molecule has 7 nitrogen and oxygen atoms in total. The van der Waals surface area contributed by atoms with E-state index in [4.69, 9.17) is 5.73 Å². The fourth-order valence-corrected chi connectivity index (χ4v) is 4.22. The smallest absolute Gasteiger partial charge is 0.243 e. The molecular formula is C23H20N6O. The van der Waals surface area contributed by atoms with E-state index >= 15 is 0 Å². The molecule has 1 aromatic carbocycles. The molecule has 0 saturated heterocycles. The van der Waals surface area contributed by atoms with E-state index in [9.17, 15) is 4.79 Å². The third-order valence-corrected chi connectivity index (χ3v) is 5.62. The number of benzene rings is 1. The third kappa shape index (κ3) is 2.67. The zero-order valence-corrected chi connectivity index (χ0v) is 16.3. The number of nitrogens with one attached hydrogen (secondary N) is 1. The Balaban J connectivity index is 1.78. The highest BCUT2D eigenvalue weighted by Gasteiger charge is 2.31. The van der Waals surface area contributed by atoms with Gasteiger partial charge in [-0.05, 0) is 30.2 Å². The number of nitrogens with two attached hydrogens (primary N) is 1. The summed E-state index contributed by atoms with van der Waals surface area (Å²) >= 11 is 0. The minimum atomic E-state index is -0.223. The molecule has 0 bridgehead atoms. The maximum absolute atomic E-state index is 11.9. The molecule has 3 aromatic heterocycles. The molecule has 1 amide bonds. The summed E-state index contributed by atoms with van der Waals surface area (Å²) in [5.41, 5.74) is 11.5. The van der Waals surface area contributed by atoms with Crippen LogP contribution in [-0.2, 0) is 11.3 Å². The van der Waals surface area contributed by atoms with E-state index < -0.39 is 0 Å². The molecule has 5 rings (SSSR count). The van der Waals surface area contributed by atoms with Crippen molar-refractivity contribution in [2.24, 2.45) is 0 Å². The number of amides is 1. The van der Waals surface area contributed by atoms with Gasteiger partial charge in [0.05, 0.1) is 22.6 Å². The van der Waals surface area contributed by atoms with Gasteiger partial charge in [-0.1, -0.05) is 31.4 Å². The van der Waals surface area contributed by atoms with Gasteiger partial charge in [0.25, 0.3) is 0 Å². The van der Waals surface area contributed by atoms with Crippen molar-refractivity contribution in [3.63, 3.8) is 0 Å². The lowest BCUT2D eigenvalue weighted by molar-refractivity contribution is -0.116. The lowest BCUT2D eigenvalue weighted by atomic mass is 9.92. The maximum atomic E-state index is 11.9. The van der Waals surface area contributed by atoms with Gasteiger partial charge in [-0.25, -0.2) is 9.97 Å². The van der Waals surface area contributed by atoms with Crippen LogP contribution in [0.25, 0.3) is 38.6 Å². The average molecular weight is 396 g/mol. The summed E-state index contributed by atoms with van der Waals surface area (Å²) in [7, 11) is 0. The van der Waals surface area contributed by atoms with Crippen molar-refractivity contribution in [3.05, 3.63) is 67.8 Å². The predicted octanol–water partition coefficient (Wildman–Crippen LogP) is 3.32. The Hall–Kier alpha value is -4.00. The van der Waals surface area contributed by atoms with Gasteiger partial charge in [0.2, 0.25) is 5.91 Å². The van der Waals surface area contributed by atoms with Gasteiger partial charge >= 0.3 is 0 Å². The van der Waals surface area contributed by atoms with Crippen molar-refractivity contribution < 1.29 is 4.79 Å². The second kappa shape index (κ2) is 6.81. The second-order valence-electron chi connectivity index (χ2n) is 7.33. The van der Waals surface area contributed by atoms with E-state index in [1.54, 1.807) is 0 Å². The van der Waals surface area contributed by atoms with Crippen molar-refractivity contribution in [2.45, 2.75) is 19.0 Å². The number of aryl methyl sites for hydroxylation is 1. The van der Waals surface area contributed by atoms with Gasteiger partial charge in [-0.2, -0.15) is 0 Å². The van der Waals surface area contributed by atoms with Gasteiger partial charge in [0.15, 0.2) is 0 Å². The summed E-state index contributed by atoms with van der Waals surface area (Å²) in [5, 5.41) is 4.78. The first-order valence-electron chi connectivity index (χ1n) is 9.68. The molecule has 30 heavy (non-hydrogen) atoms. The van der Waals surface area contributed by atoms with Crippen molar-refractivity contribution >= 4 is 39.2 Å². The van der Waals surface area contributed by atoms with Crippen molar-refractivity contribution in [3.8, 4) is 11.1 Å². The van der Waals surface area contributed by atoms with E-state index in [0.717, 1.165) is 44.3 Å². The van der Waals surface area contributed by atoms with Crippen molar-refractivity contribution in [1.29, 1.82) is 0 Å². The molecule has 148 valence electrons. The van der Waals surface area contributed by atoms with Crippen LogP contribution in [0.4, 0.5) is 5.82 Å². The number of nitrogen functional groups attached to an aromatic ring is 1. The Labute approximate surface area is 173 Å². The molecule has 0 spiro atoms. The number of aromatic nitrogens is 4. The quantitative estimate of drug-likeness (QED) is 0.518. The number of pyridine rings is 1. The molecule has 0 aliphatic carbocycles. The summed E-state index contributed by atoms with van der Waals surface area (Å²) in [6.45, 7) is 8.54. The second-order valence-corrected chi connectivity index (χ2v) is 7.33. The molecule has 0 fully saturated rings. The highest BCUT2D eigenvalue weighted by Crippen LogP contribution is 2.43. The van der Waals surface area contributed by atoms with Gasteiger partial charge in [-0.3, -0.25) is 9.78 Å². The Morgan fingerprint density at radius 3 is 2.93 bits per heavy atom. The monoisotopic (exact) mass is 396 g/mol. The Kier molecular flexibility index (Phi) is 4.10. The van der Waals surface area contributed by atoms with Gasteiger partial charge < -0.3 is 15.6 Å². The first-order valence-corrected chi connectivity index (χ1v) is 9.68. The minimum Gasteiger partial charge on any atom is -0.383 e. The average Bonchev–Trinajstić information content (AvgIpc) is 3.11. The van der Waals surface area contributed by atoms with Gasteiger partial charge in [-0.15, -0.1) is 0 Å². The van der Waals surface area contributed by atoms with Crippen molar-refractivity contribution in [2.75, 3.05) is 5.73 Å². The molecule has 4 heterocycles. The summed E-state index contributed by atoms with van der Waals surface area (Å²) in [6.07, 6.45) is 5.29. The summed E-state index contributed by atoms with van der Waals surface area (Å²) < 4.78 is 2.11. The first-order chi connectivity index (χ1) is 14.6. The zero-order valence-electron chi connectivity index (χ0n) is 16.3. The predicted molar refractivity (Wildman–Crippen MR) is 118 cm³/mol. The van der Waals surface area contributed by atoms with Crippen LogP contribution in [0.1, 0.15) is 12.1 Å². The fourth-order valence-electron chi connectivity index (χ4n) is 4.22. The Morgan fingerprint density at radius 1 is 1.27 bits per heavy atom. The van der Waals surface area contributed by atoms with E-state index in [1.807, 2.05) is 30.5 Å². The topological polar surface area (TPSA) is 98.7 Å². The first kappa shape index (κ1) is 18.1. The van der Waals surface area contributed by atoms with Gasteiger partial charge in [0.1, 0.15) is 17.8 Å². The maximum Gasteiger partial charge on any atom is 0.243 e. The standard InChI is InChI=1S/C23H20N6O/c1-3-18(30)28-16-8-9-29-21(13(16)2)19(20-22(24)26-12-27-23(20)29)15-10-14-6-4-5-7-17(14)25-11-15/h3-7,10-12,16H,1-2,8-9H2,(H,28,30)(H2,24,26,27). The van der Waals surface area contributed by atoms with Crippen LogP contribution in [0, 0.1) is 0 Å². The number of hydrogen-bond donors (Lipinski definition) is 2. The summed E-state index contributed by atoms with van der Waals surface area (Å²) in [5.74, 6) is 0.184. The summed E-state index contributed by atoms with van der Waals surface area (Å²) in [4.78, 5) is 25.3. The van der Waals surface area contributed by atoms with Crippen LogP contribution in [0.2, 0.25) is 0 Å². The van der Waals surface area contributed by atoms with E-state index in [1.165, 1.54) is 12.4 Å². The molecule has 0 saturated carbocycles. The molecule has 0 radical (unpaired) electrons. The molecule has 1 aliphatic rings. The molecule has 1 atom stereocenters. The summed E-state index contributed by atoms with van der Waals surface area (Å²) in [6, 6.07) is 9.84. The molecule has 4 aromatic rings. The van der Waals surface area contributed by atoms with Crippen LogP contribution < -0.4 is 11.1 Å². The number of rotatable bonds is 3. The van der Waals surface area contributed by atoms with E-state index in [-0.39, 0.29) is 11.9 Å². The lowest BCUT2D eigenvalue weighted by Gasteiger charge is -2.28. The molecule has 1 aliphatic heterocycles. The number of carbonyl (C=O) groups excluding carboxylic acids is 1. The van der Waals surface area contributed by atoms with Crippen LogP contribution in [0.3, 0.4) is 0 Å². The van der Waals surface area contributed by atoms with Crippen molar-refractivity contribution in [1.82, 2.24) is 24.8 Å². The SMILES string of the molecule is C=CC(=O)NC1CCn2c(c(-c3cnc4ccccc4c3)c3c(N)ncnc32)C1=C.